The molecule has 3 aromatic carbocycles. The monoisotopic (exact) mass is 475 g/mol. The van der Waals surface area contributed by atoms with Crippen LogP contribution in [0.5, 0.6) is 11.5 Å². The molecule has 5 rings (SSSR count). The van der Waals surface area contributed by atoms with Crippen LogP contribution in [-0.2, 0) is 6.54 Å². The van der Waals surface area contributed by atoms with Gasteiger partial charge in [0.2, 0.25) is 0 Å². The van der Waals surface area contributed by atoms with E-state index in [4.69, 9.17) is 21.3 Å². The number of aliphatic imine (C=N–C) groups is 1. The van der Waals surface area contributed by atoms with Crippen LogP contribution in [0.4, 0.5) is 0 Å². The second kappa shape index (κ2) is 9.79. The molecule has 3 aromatic rings. The van der Waals surface area contributed by atoms with Crippen LogP contribution in [0.2, 0.25) is 5.02 Å². The van der Waals surface area contributed by atoms with Crippen molar-refractivity contribution in [2.75, 3.05) is 20.2 Å². The highest BCUT2D eigenvalue weighted by Crippen LogP contribution is 2.38. The summed E-state index contributed by atoms with van der Waals surface area (Å²) in [5.74, 6) is 1.07. The van der Waals surface area contributed by atoms with E-state index in [1.807, 2.05) is 24.3 Å². The first-order valence-corrected chi connectivity index (χ1v) is 12.2. The van der Waals surface area contributed by atoms with Gasteiger partial charge in [0.25, 0.3) is 0 Å². The quantitative estimate of drug-likeness (QED) is 0.506. The maximum atomic E-state index is 10.7. The van der Waals surface area contributed by atoms with Crippen molar-refractivity contribution in [3.05, 3.63) is 94.5 Å². The summed E-state index contributed by atoms with van der Waals surface area (Å²) < 4.78 is 5.46. The average Bonchev–Trinajstić information content (AvgIpc) is 2.87. The molecule has 2 aliphatic heterocycles. The lowest BCUT2D eigenvalue weighted by Gasteiger charge is -2.45. The van der Waals surface area contributed by atoms with Gasteiger partial charge in [0, 0.05) is 48.4 Å². The van der Waals surface area contributed by atoms with Gasteiger partial charge < -0.3 is 9.84 Å². The van der Waals surface area contributed by atoms with Crippen molar-refractivity contribution < 1.29 is 9.84 Å². The number of hydrogen-bond acceptors (Lipinski definition) is 5. The van der Waals surface area contributed by atoms with Crippen LogP contribution < -0.4 is 10.1 Å². The lowest BCUT2D eigenvalue weighted by Crippen LogP contribution is -2.55. The van der Waals surface area contributed by atoms with E-state index < -0.39 is 0 Å². The Hall–Kier alpha value is -2.86. The van der Waals surface area contributed by atoms with Gasteiger partial charge in [-0.3, -0.25) is 15.2 Å². The van der Waals surface area contributed by atoms with Crippen LogP contribution in [0.3, 0.4) is 0 Å². The largest absolute Gasteiger partial charge is 0.508 e. The first-order chi connectivity index (χ1) is 16.5. The molecule has 0 bridgehead atoms. The summed E-state index contributed by atoms with van der Waals surface area (Å²) in [6.45, 7) is 2.85. The molecule has 0 radical (unpaired) electrons. The number of halogens is 1. The van der Waals surface area contributed by atoms with Crippen molar-refractivity contribution in [3.8, 4) is 11.5 Å². The Kier molecular flexibility index (Phi) is 6.59. The molecule has 2 aliphatic rings. The van der Waals surface area contributed by atoms with Gasteiger partial charge in [-0.1, -0.05) is 54.1 Å². The number of phenolic OH excluding ortho intramolecular Hbond substituents is 1. The molecule has 34 heavy (non-hydrogen) atoms. The van der Waals surface area contributed by atoms with Crippen LogP contribution in [0.1, 0.15) is 42.0 Å². The molecule has 0 aromatic heterocycles. The molecule has 0 unspecified atom stereocenters. The summed E-state index contributed by atoms with van der Waals surface area (Å²) in [6, 6.07) is 23.8. The fourth-order valence-electron chi connectivity index (χ4n) is 5.06. The third kappa shape index (κ3) is 4.97. The zero-order valence-corrected chi connectivity index (χ0v) is 20.1. The summed E-state index contributed by atoms with van der Waals surface area (Å²) in [7, 11) is 1.68. The normalized spacial score (nSPS) is 20.2. The van der Waals surface area contributed by atoms with E-state index in [0.717, 1.165) is 55.1 Å². The summed E-state index contributed by atoms with van der Waals surface area (Å²) in [5, 5.41) is 15.1. The molecule has 1 saturated heterocycles. The van der Waals surface area contributed by atoms with Crippen molar-refractivity contribution in [2.45, 2.75) is 37.5 Å². The molecule has 0 saturated carbocycles. The molecular formula is C28H30ClN3O2. The van der Waals surface area contributed by atoms with E-state index in [1.165, 1.54) is 5.56 Å². The first kappa shape index (κ1) is 22.9. The molecule has 6 heteroatoms. The number of nitrogens with one attached hydrogen (secondary N) is 1. The van der Waals surface area contributed by atoms with E-state index in [-0.39, 0.29) is 17.5 Å². The van der Waals surface area contributed by atoms with E-state index >= 15 is 0 Å². The zero-order chi connectivity index (χ0) is 23.5. The van der Waals surface area contributed by atoms with Gasteiger partial charge in [-0.15, -0.1) is 0 Å². The molecule has 0 amide bonds. The minimum Gasteiger partial charge on any atom is -0.508 e. The summed E-state index contributed by atoms with van der Waals surface area (Å²) >= 11 is 6.31. The average molecular weight is 476 g/mol. The number of phenols is 1. The minimum atomic E-state index is -0.386. The van der Waals surface area contributed by atoms with Gasteiger partial charge in [-0.25, -0.2) is 0 Å². The SMILES string of the molecule is COc1cccc(C2=NC3(CCN(Cc4ccccc4)CC3)N[C@@H](c3cc(Cl)ccc3O)C2)c1. The fourth-order valence-corrected chi connectivity index (χ4v) is 5.24. The van der Waals surface area contributed by atoms with Crippen LogP contribution >= 0.6 is 11.6 Å². The highest BCUT2D eigenvalue weighted by atomic mass is 35.5. The van der Waals surface area contributed by atoms with E-state index in [2.05, 4.69) is 46.6 Å². The van der Waals surface area contributed by atoms with Gasteiger partial charge in [-0.2, -0.15) is 0 Å². The van der Waals surface area contributed by atoms with E-state index in [1.54, 1.807) is 19.2 Å². The Morgan fingerprint density at radius 2 is 1.85 bits per heavy atom. The topological polar surface area (TPSA) is 57.1 Å². The Labute approximate surface area is 206 Å². The van der Waals surface area contributed by atoms with Crippen molar-refractivity contribution in [2.24, 2.45) is 4.99 Å². The Morgan fingerprint density at radius 1 is 1.06 bits per heavy atom. The van der Waals surface area contributed by atoms with Gasteiger partial charge in [0.15, 0.2) is 0 Å². The summed E-state index contributed by atoms with van der Waals surface area (Å²) in [4.78, 5) is 7.79. The molecule has 1 fully saturated rings. The van der Waals surface area contributed by atoms with Crippen LogP contribution in [0, 0.1) is 0 Å². The molecule has 1 atom stereocenters. The number of ether oxygens (including phenoxy) is 1. The van der Waals surface area contributed by atoms with Crippen LogP contribution in [-0.4, -0.2) is 41.6 Å². The highest BCUT2D eigenvalue weighted by molar-refractivity contribution is 6.30. The first-order valence-electron chi connectivity index (χ1n) is 11.8. The third-order valence-electron chi connectivity index (χ3n) is 6.89. The molecular weight excluding hydrogens is 446 g/mol. The smallest absolute Gasteiger partial charge is 0.120 e. The van der Waals surface area contributed by atoms with Crippen molar-refractivity contribution in [1.29, 1.82) is 0 Å². The minimum absolute atomic E-state index is 0.0851. The number of methoxy groups -OCH3 is 1. The summed E-state index contributed by atoms with van der Waals surface area (Å²) in [6.07, 6.45) is 2.45. The van der Waals surface area contributed by atoms with Crippen LogP contribution in [0.25, 0.3) is 0 Å². The molecule has 176 valence electrons. The lowest BCUT2D eigenvalue weighted by molar-refractivity contribution is 0.120. The molecule has 2 heterocycles. The number of aromatic hydroxyl groups is 1. The van der Waals surface area contributed by atoms with Gasteiger partial charge in [0.1, 0.15) is 17.2 Å². The van der Waals surface area contributed by atoms with E-state index in [9.17, 15) is 5.11 Å². The zero-order valence-electron chi connectivity index (χ0n) is 19.4. The summed E-state index contributed by atoms with van der Waals surface area (Å²) in [5.41, 5.74) is 3.84. The Bertz CT molecular complexity index is 1170. The predicted octanol–water partition coefficient (Wildman–Crippen LogP) is 5.57. The molecule has 0 aliphatic carbocycles. The second-order valence-electron chi connectivity index (χ2n) is 9.19. The predicted molar refractivity (Wildman–Crippen MR) is 137 cm³/mol. The number of benzene rings is 3. The maximum Gasteiger partial charge on any atom is 0.120 e. The number of nitrogens with zero attached hydrogens (tertiary/aromatic N) is 2. The maximum absolute atomic E-state index is 10.7. The molecule has 1 spiro atoms. The van der Waals surface area contributed by atoms with Crippen LogP contribution in [0.15, 0.2) is 77.8 Å². The lowest BCUT2D eigenvalue weighted by atomic mass is 9.87. The van der Waals surface area contributed by atoms with Crippen molar-refractivity contribution in [3.63, 3.8) is 0 Å². The van der Waals surface area contributed by atoms with Gasteiger partial charge in [-0.05, 0) is 54.3 Å². The van der Waals surface area contributed by atoms with Gasteiger partial charge >= 0.3 is 0 Å². The highest BCUT2D eigenvalue weighted by Gasteiger charge is 2.40. The number of likely N-dealkylation sites (tertiary alicyclic amines) is 1. The van der Waals surface area contributed by atoms with Crippen molar-refractivity contribution >= 4 is 17.3 Å². The second-order valence-corrected chi connectivity index (χ2v) is 9.62. The third-order valence-corrected chi connectivity index (χ3v) is 7.12. The Morgan fingerprint density at radius 3 is 2.62 bits per heavy atom. The Balaban J connectivity index is 1.44. The molecule has 5 nitrogen and oxygen atoms in total. The molecule has 2 N–H and O–H groups in total. The standard InChI is InChI=1S/C28H30ClN3O2/c1-34-23-9-5-8-21(16-23)25-18-26(24-17-22(29)10-11-27(24)33)31-28(30-25)12-14-32(15-13-28)19-20-6-3-2-4-7-20/h2-11,16-17,26,31,33H,12-15,18-19H2,1H3/t26-/m1/s1. The number of rotatable bonds is 5. The number of hydrogen-bond donors (Lipinski definition) is 2. The number of piperidine rings is 1. The van der Waals surface area contributed by atoms with Crippen molar-refractivity contribution in [1.82, 2.24) is 10.2 Å². The van der Waals surface area contributed by atoms with Gasteiger partial charge in [0.05, 0.1) is 7.11 Å². The fraction of sp³-hybridized carbons (Fsp3) is 0.321. The van der Waals surface area contributed by atoms with E-state index in [0.29, 0.717) is 11.4 Å².